The van der Waals surface area contributed by atoms with Crippen LogP contribution in [-0.2, 0) is 0 Å². The third-order valence-corrected chi connectivity index (χ3v) is 3.36. The molecule has 0 spiro atoms. The Morgan fingerprint density at radius 1 is 1.33 bits per heavy atom. The molecule has 3 rings (SSSR count). The molecule has 104 valence electrons. The van der Waals surface area contributed by atoms with Crippen LogP contribution in [0.1, 0.15) is 10.4 Å². The number of halogens is 1. The highest BCUT2D eigenvalue weighted by Crippen LogP contribution is 2.36. The van der Waals surface area contributed by atoms with Crippen LogP contribution in [0.3, 0.4) is 0 Å². The number of nitrogens with one attached hydrogen (secondary N) is 1. The second kappa shape index (κ2) is 5.45. The Bertz CT molecular complexity index is 843. The van der Waals surface area contributed by atoms with Crippen LogP contribution in [0.15, 0.2) is 57.4 Å². The SMILES string of the molecule is O=C(N=Nc1c(O)[nH]c2ccc(Br)cc12)c1cccnc1. The number of aromatic nitrogens is 2. The van der Waals surface area contributed by atoms with Crippen LogP contribution in [0.25, 0.3) is 10.9 Å². The molecule has 0 saturated heterocycles. The second-order valence-corrected chi connectivity index (χ2v) is 5.17. The smallest absolute Gasteiger partial charge is 0.296 e. The molecule has 0 bridgehead atoms. The molecule has 6 nitrogen and oxygen atoms in total. The highest BCUT2D eigenvalue weighted by atomic mass is 79.9. The fourth-order valence-electron chi connectivity index (χ4n) is 1.88. The first-order valence-electron chi connectivity index (χ1n) is 6.01. The first kappa shape index (κ1) is 13.4. The van der Waals surface area contributed by atoms with Crippen molar-refractivity contribution in [2.45, 2.75) is 0 Å². The lowest BCUT2D eigenvalue weighted by Gasteiger charge is -1.94. The number of fused-ring (bicyclic) bond motifs is 1. The fraction of sp³-hybridized carbons (Fsp3) is 0. The number of aromatic amines is 1. The van der Waals surface area contributed by atoms with Crippen molar-refractivity contribution in [2.75, 3.05) is 0 Å². The van der Waals surface area contributed by atoms with Gasteiger partial charge in [0.25, 0.3) is 5.91 Å². The zero-order valence-electron chi connectivity index (χ0n) is 10.6. The number of carbonyl (C=O) groups excluding carboxylic acids is 1. The molecule has 1 amide bonds. The van der Waals surface area contributed by atoms with E-state index in [9.17, 15) is 9.90 Å². The van der Waals surface area contributed by atoms with Gasteiger partial charge in [-0.15, -0.1) is 10.2 Å². The fourth-order valence-corrected chi connectivity index (χ4v) is 2.24. The van der Waals surface area contributed by atoms with Gasteiger partial charge in [0.15, 0.2) is 5.69 Å². The second-order valence-electron chi connectivity index (χ2n) is 4.26. The molecule has 0 atom stereocenters. The van der Waals surface area contributed by atoms with Gasteiger partial charge in [0.1, 0.15) is 0 Å². The van der Waals surface area contributed by atoms with Gasteiger partial charge in [-0.3, -0.25) is 9.78 Å². The van der Waals surface area contributed by atoms with Gasteiger partial charge in [0.2, 0.25) is 5.88 Å². The standard InChI is InChI=1S/C14H9BrN4O2/c15-9-3-4-11-10(6-9)12(14(21)17-11)18-19-13(20)8-2-1-5-16-7-8/h1-7,17,21H. The molecule has 0 fully saturated rings. The molecule has 21 heavy (non-hydrogen) atoms. The van der Waals surface area contributed by atoms with Gasteiger partial charge < -0.3 is 10.1 Å². The molecule has 7 heteroatoms. The van der Waals surface area contributed by atoms with Crippen LogP contribution in [0.2, 0.25) is 0 Å². The van der Waals surface area contributed by atoms with E-state index in [1.165, 1.54) is 6.20 Å². The number of amides is 1. The summed E-state index contributed by atoms with van der Waals surface area (Å²) in [6.07, 6.45) is 2.98. The topological polar surface area (TPSA) is 90.7 Å². The Labute approximate surface area is 127 Å². The Balaban J connectivity index is 1.98. The van der Waals surface area contributed by atoms with Crippen LogP contribution < -0.4 is 0 Å². The maximum atomic E-state index is 11.9. The number of rotatable bonds is 2. The van der Waals surface area contributed by atoms with E-state index in [1.807, 2.05) is 6.07 Å². The first-order chi connectivity index (χ1) is 10.1. The van der Waals surface area contributed by atoms with Crippen LogP contribution in [0.5, 0.6) is 5.88 Å². The third-order valence-electron chi connectivity index (χ3n) is 2.86. The number of H-pyrrole nitrogens is 1. The predicted molar refractivity (Wildman–Crippen MR) is 80.7 cm³/mol. The number of hydrogen-bond donors (Lipinski definition) is 2. The predicted octanol–water partition coefficient (Wildman–Crippen LogP) is 3.96. The lowest BCUT2D eigenvalue weighted by Crippen LogP contribution is -1.93. The van der Waals surface area contributed by atoms with Gasteiger partial charge in [0.05, 0.1) is 11.1 Å². The van der Waals surface area contributed by atoms with E-state index in [2.05, 4.69) is 36.1 Å². The summed E-state index contributed by atoms with van der Waals surface area (Å²) in [5.41, 5.74) is 1.27. The van der Waals surface area contributed by atoms with E-state index in [1.54, 1.807) is 30.5 Å². The van der Waals surface area contributed by atoms with Crippen LogP contribution >= 0.6 is 15.9 Å². The normalized spacial score (nSPS) is 11.3. The summed E-state index contributed by atoms with van der Waals surface area (Å²) in [5.74, 6) is -0.655. The quantitative estimate of drug-likeness (QED) is 0.689. The van der Waals surface area contributed by atoms with Gasteiger partial charge in [-0.25, -0.2) is 0 Å². The van der Waals surface area contributed by atoms with Crippen molar-refractivity contribution in [1.82, 2.24) is 9.97 Å². The van der Waals surface area contributed by atoms with Gasteiger partial charge in [-0.1, -0.05) is 15.9 Å². The summed E-state index contributed by atoms with van der Waals surface area (Å²) in [4.78, 5) is 18.5. The summed E-state index contributed by atoms with van der Waals surface area (Å²) in [5, 5.41) is 18.0. The van der Waals surface area contributed by atoms with Crippen molar-refractivity contribution >= 4 is 38.4 Å². The highest BCUT2D eigenvalue weighted by Gasteiger charge is 2.11. The number of pyridine rings is 1. The molecule has 2 aromatic heterocycles. The molecule has 0 aliphatic heterocycles. The minimum Gasteiger partial charge on any atom is -0.493 e. The minimum atomic E-state index is -0.521. The Morgan fingerprint density at radius 3 is 2.95 bits per heavy atom. The molecule has 2 N–H and O–H groups in total. The molecule has 0 aliphatic carbocycles. The molecular formula is C14H9BrN4O2. The summed E-state index contributed by atoms with van der Waals surface area (Å²) < 4.78 is 0.837. The lowest BCUT2D eigenvalue weighted by atomic mass is 10.2. The van der Waals surface area contributed by atoms with Crippen molar-refractivity contribution < 1.29 is 9.90 Å². The maximum Gasteiger partial charge on any atom is 0.296 e. The molecule has 0 unspecified atom stereocenters. The van der Waals surface area contributed by atoms with E-state index in [0.29, 0.717) is 16.5 Å². The number of azo groups is 1. The minimum absolute atomic E-state index is 0.133. The van der Waals surface area contributed by atoms with Crippen molar-refractivity contribution in [1.29, 1.82) is 0 Å². The molecule has 2 heterocycles. The van der Waals surface area contributed by atoms with E-state index in [0.717, 1.165) is 4.47 Å². The zero-order valence-corrected chi connectivity index (χ0v) is 12.2. The Hall–Kier alpha value is -2.54. The van der Waals surface area contributed by atoms with Crippen molar-refractivity contribution in [3.8, 4) is 5.88 Å². The van der Waals surface area contributed by atoms with E-state index < -0.39 is 5.91 Å². The van der Waals surface area contributed by atoms with Crippen molar-refractivity contribution in [2.24, 2.45) is 10.2 Å². The number of aromatic hydroxyl groups is 1. The maximum absolute atomic E-state index is 11.9. The van der Waals surface area contributed by atoms with E-state index in [4.69, 9.17) is 0 Å². The van der Waals surface area contributed by atoms with Gasteiger partial charge in [-0.2, -0.15) is 0 Å². The molecular weight excluding hydrogens is 336 g/mol. The zero-order chi connectivity index (χ0) is 14.8. The number of nitrogens with zero attached hydrogens (tertiary/aromatic N) is 3. The summed E-state index contributed by atoms with van der Waals surface area (Å²) in [6.45, 7) is 0. The average Bonchev–Trinajstić information content (AvgIpc) is 2.80. The van der Waals surface area contributed by atoms with Gasteiger partial charge in [-0.05, 0) is 30.3 Å². The monoisotopic (exact) mass is 344 g/mol. The first-order valence-corrected chi connectivity index (χ1v) is 6.81. The lowest BCUT2D eigenvalue weighted by molar-refractivity contribution is 0.0994. The highest BCUT2D eigenvalue weighted by molar-refractivity contribution is 9.10. The number of carbonyl (C=O) groups is 1. The van der Waals surface area contributed by atoms with Crippen LogP contribution in [0, 0.1) is 0 Å². The van der Waals surface area contributed by atoms with Gasteiger partial charge >= 0.3 is 0 Å². The van der Waals surface area contributed by atoms with Crippen molar-refractivity contribution in [3.05, 3.63) is 52.8 Å². The Morgan fingerprint density at radius 2 is 2.19 bits per heavy atom. The van der Waals surface area contributed by atoms with E-state index >= 15 is 0 Å². The molecule has 1 aromatic carbocycles. The molecule has 0 saturated carbocycles. The summed E-state index contributed by atoms with van der Waals surface area (Å²) in [7, 11) is 0. The van der Waals surface area contributed by atoms with E-state index in [-0.39, 0.29) is 11.6 Å². The molecule has 3 aromatic rings. The summed E-state index contributed by atoms with van der Waals surface area (Å²) >= 11 is 3.35. The van der Waals surface area contributed by atoms with Gasteiger partial charge in [0, 0.05) is 22.3 Å². The third kappa shape index (κ3) is 2.68. The average molecular weight is 345 g/mol. The van der Waals surface area contributed by atoms with Crippen LogP contribution in [-0.4, -0.2) is 21.0 Å². The number of benzene rings is 1. The molecule has 0 radical (unpaired) electrons. The van der Waals surface area contributed by atoms with Crippen molar-refractivity contribution in [3.63, 3.8) is 0 Å². The molecule has 0 aliphatic rings. The largest absolute Gasteiger partial charge is 0.493 e. The number of hydrogen-bond acceptors (Lipinski definition) is 4. The van der Waals surface area contributed by atoms with Crippen LogP contribution in [0.4, 0.5) is 5.69 Å². The summed E-state index contributed by atoms with van der Waals surface area (Å²) in [6, 6.07) is 8.65. The Kier molecular flexibility index (Phi) is 3.49.